The zero-order chi connectivity index (χ0) is 20.7. The summed E-state index contributed by atoms with van der Waals surface area (Å²) >= 11 is 0. The van der Waals surface area contributed by atoms with E-state index in [1.807, 2.05) is 43.3 Å². The van der Waals surface area contributed by atoms with Gasteiger partial charge >= 0.3 is 17.5 Å². The van der Waals surface area contributed by atoms with Gasteiger partial charge in [-0.25, -0.2) is 0 Å². The second-order valence-electron chi connectivity index (χ2n) is 6.30. The predicted octanol–water partition coefficient (Wildman–Crippen LogP) is 2.49. The Balaban J connectivity index is 1.79. The largest absolute Gasteiger partial charge is 0.378 e. The lowest BCUT2D eigenvalue weighted by Crippen LogP contribution is -2.36. The molecule has 2 aromatic rings. The summed E-state index contributed by atoms with van der Waals surface area (Å²) < 4.78 is 13.3. The normalized spacial score (nSPS) is 10.2. The molecule has 2 amide bonds. The fourth-order valence-electron chi connectivity index (χ4n) is 2.45. The lowest BCUT2D eigenvalue weighted by molar-refractivity contribution is -0.387. The first-order valence-corrected chi connectivity index (χ1v) is 8.57. The van der Waals surface area contributed by atoms with Crippen LogP contribution in [0.25, 0.3) is 0 Å². The third-order valence-electron chi connectivity index (χ3n) is 3.99. The summed E-state index contributed by atoms with van der Waals surface area (Å²) in [5.74, 6) is -2.86. The van der Waals surface area contributed by atoms with Gasteiger partial charge in [0.2, 0.25) is 5.82 Å². The van der Waals surface area contributed by atoms with Gasteiger partial charge in [0.15, 0.2) is 0 Å². The molecule has 0 aliphatic rings. The Bertz CT molecular complexity index is 869. The van der Waals surface area contributed by atoms with Gasteiger partial charge in [0.05, 0.1) is 4.92 Å². The van der Waals surface area contributed by atoms with Crippen LogP contribution in [0.2, 0.25) is 0 Å². The van der Waals surface area contributed by atoms with E-state index >= 15 is 0 Å². The van der Waals surface area contributed by atoms with Gasteiger partial charge in [-0.1, -0.05) is 12.1 Å². The Kier molecular flexibility index (Phi) is 7.02. The smallest absolute Gasteiger partial charge is 0.313 e. The number of carbonyl (C=O) groups excluding carboxylic acids is 2. The van der Waals surface area contributed by atoms with Crippen molar-refractivity contribution in [3.05, 3.63) is 64.0 Å². The van der Waals surface area contributed by atoms with E-state index in [0.717, 1.165) is 35.9 Å². The van der Waals surface area contributed by atoms with Crippen LogP contribution in [0.3, 0.4) is 0 Å². The van der Waals surface area contributed by atoms with E-state index in [9.17, 15) is 24.1 Å². The molecule has 2 aromatic carbocycles. The van der Waals surface area contributed by atoms with Gasteiger partial charge in [0, 0.05) is 38.1 Å². The van der Waals surface area contributed by atoms with Crippen molar-refractivity contribution >= 4 is 28.9 Å². The predicted molar refractivity (Wildman–Crippen MR) is 104 cm³/mol. The summed E-state index contributed by atoms with van der Waals surface area (Å²) in [6.07, 6.45) is 1.38. The number of nitrogens with one attached hydrogen (secondary N) is 2. The van der Waals surface area contributed by atoms with Gasteiger partial charge in [0.1, 0.15) is 0 Å². The highest BCUT2D eigenvalue weighted by Gasteiger charge is 2.18. The van der Waals surface area contributed by atoms with Gasteiger partial charge < -0.3 is 15.5 Å². The fourth-order valence-corrected chi connectivity index (χ4v) is 2.45. The number of rotatable bonds is 7. The molecule has 0 spiro atoms. The average molecular weight is 388 g/mol. The van der Waals surface area contributed by atoms with E-state index in [-0.39, 0.29) is 5.69 Å². The van der Waals surface area contributed by atoms with Crippen LogP contribution in [0.15, 0.2) is 42.5 Å². The molecule has 0 atom stereocenters. The number of carbonyl (C=O) groups is 2. The van der Waals surface area contributed by atoms with Crippen molar-refractivity contribution in [1.82, 2.24) is 5.32 Å². The van der Waals surface area contributed by atoms with E-state index < -0.39 is 28.2 Å². The van der Waals surface area contributed by atoms with Crippen molar-refractivity contribution in [3.8, 4) is 0 Å². The number of nitro groups is 1. The van der Waals surface area contributed by atoms with E-state index in [2.05, 4.69) is 10.6 Å². The Labute approximate surface area is 161 Å². The van der Waals surface area contributed by atoms with Crippen LogP contribution in [0.1, 0.15) is 12.0 Å². The van der Waals surface area contributed by atoms with E-state index in [1.165, 1.54) is 0 Å². The highest BCUT2D eigenvalue weighted by atomic mass is 19.1. The molecule has 8 nitrogen and oxygen atoms in total. The highest BCUT2D eigenvalue weighted by molar-refractivity contribution is 6.39. The standard InChI is InChI=1S/C19H21FN4O4/c1-23(2)15-8-5-13(6-9-15)4-3-11-21-18(25)19(26)22-14-7-10-16(20)17(12-14)24(27)28/h5-10,12H,3-4,11H2,1-2H3,(H,21,25)(H,22,26). The van der Waals surface area contributed by atoms with Crippen LogP contribution in [-0.4, -0.2) is 37.4 Å². The number of benzene rings is 2. The molecule has 0 saturated carbocycles. The molecule has 2 N–H and O–H groups in total. The zero-order valence-corrected chi connectivity index (χ0v) is 15.6. The monoisotopic (exact) mass is 388 g/mol. The van der Waals surface area contributed by atoms with Crippen LogP contribution in [0, 0.1) is 15.9 Å². The summed E-state index contributed by atoms with van der Waals surface area (Å²) in [6.45, 7) is 0.297. The Morgan fingerprint density at radius 1 is 1.11 bits per heavy atom. The number of anilines is 2. The fraction of sp³-hybridized carbons (Fsp3) is 0.263. The molecular weight excluding hydrogens is 367 g/mol. The van der Waals surface area contributed by atoms with Crippen LogP contribution < -0.4 is 15.5 Å². The number of halogens is 1. The number of hydrogen-bond donors (Lipinski definition) is 2. The third-order valence-corrected chi connectivity index (χ3v) is 3.99. The zero-order valence-electron chi connectivity index (χ0n) is 15.6. The molecule has 0 heterocycles. The number of amides is 2. The quantitative estimate of drug-likeness (QED) is 0.328. The van der Waals surface area contributed by atoms with Crippen LogP contribution >= 0.6 is 0 Å². The number of nitrogens with zero attached hydrogens (tertiary/aromatic N) is 2. The molecule has 0 aromatic heterocycles. The van der Waals surface area contributed by atoms with Crippen molar-refractivity contribution < 1.29 is 18.9 Å². The second-order valence-corrected chi connectivity index (χ2v) is 6.30. The van der Waals surface area contributed by atoms with Crippen molar-refractivity contribution in [1.29, 1.82) is 0 Å². The summed E-state index contributed by atoms with van der Waals surface area (Å²) in [5.41, 5.74) is 1.39. The molecule has 0 fully saturated rings. The molecule has 9 heteroatoms. The highest BCUT2D eigenvalue weighted by Crippen LogP contribution is 2.21. The topological polar surface area (TPSA) is 105 Å². The first kappa shape index (κ1) is 20.8. The number of hydrogen-bond acceptors (Lipinski definition) is 5. The minimum Gasteiger partial charge on any atom is -0.378 e. The Hall–Kier alpha value is -3.49. The van der Waals surface area contributed by atoms with Gasteiger partial charge in [-0.2, -0.15) is 4.39 Å². The van der Waals surface area contributed by atoms with Crippen LogP contribution in [0.5, 0.6) is 0 Å². The van der Waals surface area contributed by atoms with Crippen molar-refractivity contribution in [2.75, 3.05) is 30.9 Å². The molecule has 148 valence electrons. The van der Waals surface area contributed by atoms with E-state index in [0.29, 0.717) is 13.0 Å². The van der Waals surface area contributed by atoms with Crippen LogP contribution in [0.4, 0.5) is 21.5 Å². The lowest BCUT2D eigenvalue weighted by atomic mass is 10.1. The number of aryl methyl sites for hydroxylation is 1. The molecule has 0 unspecified atom stereocenters. The maximum Gasteiger partial charge on any atom is 0.313 e. The van der Waals surface area contributed by atoms with Crippen molar-refractivity contribution in [2.24, 2.45) is 0 Å². The Morgan fingerprint density at radius 2 is 1.79 bits per heavy atom. The molecule has 28 heavy (non-hydrogen) atoms. The molecular formula is C19H21FN4O4. The summed E-state index contributed by atoms with van der Waals surface area (Å²) in [4.78, 5) is 35.5. The molecule has 2 rings (SSSR count). The summed E-state index contributed by atoms with van der Waals surface area (Å²) in [6, 6.07) is 10.9. The van der Waals surface area contributed by atoms with Gasteiger partial charge in [-0.3, -0.25) is 19.7 Å². The minimum absolute atomic E-state index is 0.0331. The SMILES string of the molecule is CN(C)c1ccc(CCCNC(=O)C(=O)Nc2ccc(F)c([N+](=O)[O-])c2)cc1. The second kappa shape index (κ2) is 9.45. The first-order valence-electron chi connectivity index (χ1n) is 8.57. The molecule has 0 aliphatic heterocycles. The van der Waals surface area contributed by atoms with Gasteiger partial charge in [-0.05, 0) is 42.7 Å². The summed E-state index contributed by atoms with van der Waals surface area (Å²) in [5, 5.41) is 15.4. The lowest BCUT2D eigenvalue weighted by Gasteiger charge is -2.12. The summed E-state index contributed by atoms with van der Waals surface area (Å²) in [7, 11) is 3.92. The Morgan fingerprint density at radius 3 is 2.39 bits per heavy atom. The third kappa shape index (κ3) is 5.76. The molecule has 0 saturated heterocycles. The average Bonchev–Trinajstić information content (AvgIpc) is 2.66. The van der Waals surface area contributed by atoms with Gasteiger partial charge in [0.25, 0.3) is 0 Å². The first-order chi connectivity index (χ1) is 13.3. The van der Waals surface area contributed by atoms with E-state index in [1.54, 1.807) is 0 Å². The van der Waals surface area contributed by atoms with Gasteiger partial charge in [-0.15, -0.1) is 0 Å². The van der Waals surface area contributed by atoms with Crippen molar-refractivity contribution in [2.45, 2.75) is 12.8 Å². The van der Waals surface area contributed by atoms with E-state index in [4.69, 9.17) is 0 Å². The molecule has 0 aliphatic carbocycles. The minimum atomic E-state index is -1.02. The van der Waals surface area contributed by atoms with Crippen molar-refractivity contribution in [3.63, 3.8) is 0 Å². The maximum atomic E-state index is 13.3. The van der Waals surface area contributed by atoms with Crippen LogP contribution in [-0.2, 0) is 16.0 Å². The maximum absolute atomic E-state index is 13.3. The molecule has 0 bridgehead atoms. The number of nitro benzene ring substituents is 1. The molecule has 0 radical (unpaired) electrons.